The standard InChI is InChI=1S/C19H19AsN2O2/c1-20(2)14-5-3-8-17(11-14)24-18-9-10-19(21-13-18)22-15-6-4-7-16(23)12-15/h3-13,23H,1-2H3,(H,21,22). The van der Waals surface area contributed by atoms with E-state index < -0.39 is 14.7 Å². The molecule has 0 atom stereocenters. The molecule has 2 aromatic carbocycles. The van der Waals surface area contributed by atoms with E-state index in [-0.39, 0.29) is 5.75 Å². The summed E-state index contributed by atoms with van der Waals surface area (Å²) in [6.45, 7) is 0. The number of ether oxygens (including phenoxy) is 1. The topological polar surface area (TPSA) is 54.4 Å². The molecule has 4 nitrogen and oxygen atoms in total. The maximum absolute atomic E-state index is 9.48. The van der Waals surface area contributed by atoms with Crippen molar-refractivity contribution in [2.75, 3.05) is 5.32 Å². The molecule has 1 aromatic heterocycles. The predicted molar refractivity (Wildman–Crippen MR) is 99.3 cm³/mol. The van der Waals surface area contributed by atoms with Gasteiger partial charge < -0.3 is 5.11 Å². The number of phenols is 1. The monoisotopic (exact) mass is 382 g/mol. The third kappa shape index (κ3) is 4.30. The Morgan fingerprint density at radius 2 is 1.79 bits per heavy atom. The summed E-state index contributed by atoms with van der Waals surface area (Å²) in [7, 11) is 0. The molecule has 0 bridgehead atoms. The molecule has 3 rings (SSSR count). The summed E-state index contributed by atoms with van der Waals surface area (Å²) < 4.78 is 7.27. The molecule has 1 heterocycles. The van der Waals surface area contributed by atoms with Crippen molar-refractivity contribution in [3.63, 3.8) is 0 Å². The number of aromatic nitrogens is 1. The molecule has 0 saturated carbocycles. The van der Waals surface area contributed by atoms with Gasteiger partial charge in [-0.2, -0.15) is 0 Å². The van der Waals surface area contributed by atoms with Gasteiger partial charge in [-0.15, -0.1) is 0 Å². The van der Waals surface area contributed by atoms with Crippen LogP contribution >= 0.6 is 0 Å². The van der Waals surface area contributed by atoms with E-state index in [0.717, 1.165) is 11.4 Å². The fourth-order valence-corrected chi connectivity index (χ4v) is 3.82. The van der Waals surface area contributed by atoms with Crippen molar-refractivity contribution in [3.8, 4) is 17.2 Å². The third-order valence-electron chi connectivity index (χ3n) is 3.42. The van der Waals surface area contributed by atoms with E-state index in [1.54, 1.807) is 24.4 Å². The Kier molecular flexibility index (Phi) is 5.07. The summed E-state index contributed by atoms with van der Waals surface area (Å²) in [6.07, 6.45) is 1.69. The molecule has 0 unspecified atom stereocenters. The fourth-order valence-electron chi connectivity index (χ4n) is 2.21. The first-order valence-corrected chi connectivity index (χ1v) is 12.3. The molecule has 0 aliphatic carbocycles. The van der Waals surface area contributed by atoms with Gasteiger partial charge in [0.15, 0.2) is 0 Å². The molecule has 122 valence electrons. The number of nitrogens with zero attached hydrogens (tertiary/aromatic N) is 1. The molecular weight excluding hydrogens is 363 g/mol. The summed E-state index contributed by atoms with van der Waals surface area (Å²) in [6, 6.07) is 18.9. The number of anilines is 2. The maximum atomic E-state index is 9.48. The van der Waals surface area contributed by atoms with E-state index in [0.29, 0.717) is 11.6 Å². The van der Waals surface area contributed by atoms with Crippen LogP contribution in [0.4, 0.5) is 11.5 Å². The van der Waals surface area contributed by atoms with Crippen LogP contribution in [0.5, 0.6) is 17.2 Å². The zero-order chi connectivity index (χ0) is 16.9. The first kappa shape index (κ1) is 16.4. The summed E-state index contributed by atoms with van der Waals surface area (Å²) >= 11 is -0.908. The van der Waals surface area contributed by atoms with Crippen molar-refractivity contribution in [2.24, 2.45) is 0 Å². The molecule has 24 heavy (non-hydrogen) atoms. The third-order valence-corrected chi connectivity index (χ3v) is 6.18. The Hall–Kier alpha value is -2.45. The van der Waals surface area contributed by atoms with Gasteiger partial charge in [0, 0.05) is 0 Å². The summed E-state index contributed by atoms with van der Waals surface area (Å²) in [5, 5.41) is 12.6. The van der Waals surface area contributed by atoms with Crippen LogP contribution in [-0.4, -0.2) is 24.7 Å². The van der Waals surface area contributed by atoms with Crippen molar-refractivity contribution in [2.45, 2.75) is 11.4 Å². The van der Waals surface area contributed by atoms with Crippen LogP contribution in [0.3, 0.4) is 0 Å². The number of benzene rings is 2. The zero-order valence-electron chi connectivity index (χ0n) is 13.6. The van der Waals surface area contributed by atoms with E-state index in [9.17, 15) is 5.11 Å². The average Bonchev–Trinajstić information content (AvgIpc) is 2.57. The van der Waals surface area contributed by atoms with Crippen LogP contribution in [0.1, 0.15) is 0 Å². The van der Waals surface area contributed by atoms with Crippen molar-refractivity contribution < 1.29 is 9.84 Å². The Balaban J connectivity index is 1.69. The predicted octanol–water partition coefficient (Wildman–Crippen LogP) is 4.28. The van der Waals surface area contributed by atoms with Gasteiger partial charge in [0.05, 0.1) is 0 Å². The van der Waals surface area contributed by atoms with Gasteiger partial charge in [-0.05, 0) is 6.07 Å². The zero-order valence-corrected chi connectivity index (χ0v) is 15.5. The Bertz CT molecular complexity index is 820. The second kappa shape index (κ2) is 7.41. The van der Waals surface area contributed by atoms with E-state index in [4.69, 9.17) is 4.74 Å². The van der Waals surface area contributed by atoms with E-state index in [1.165, 1.54) is 4.35 Å². The van der Waals surface area contributed by atoms with Crippen LogP contribution < -0.4 is 14.4 Å². The number of pyridine rings is 1. The molecule has 0 amide bonds. The summed E-state index contributed by atoms with van der Waals surface area (Å²) in [5.74, 6) is 2.44. The number of hydrogen-bond acceptors (Lipinski definition) is 4. The van der Waals surface area contributed by atoms with Crippen molar-refractivity contribution >= 4 is 30.5 Å². The van der Waals surface area contributed by atoms with Crippen molar-refractivity contribution in [1.82, 2.24) is 4.98 Å². The summed E-state index contributed by atoms with van der Waals surface area (Å²) in [4.78, 5) is 4.35. The van der Waals surface area contributed by atoms with Crippen LogP contribution in [0.2, 0.25) is 11.4 Å². The molecule has 0 fully saturated rings. The van der Waals surface area contributed by atoms with E-state index >= 15 is 0 Å². The van der Waals surface area contributed by atoms with Crippen LogP contribution in [-0.2, 0) is 0 Å². The summed E-state index contributed by atoms with van der Waals surface area (Å²) in [5.41, 5.74) is 5.39. The molecular formula is C19H19AsN2O2. The Morgan fingerprint density at radius 3 is 2.50 bits per heavy atom. The molecule has 0 aliphatic rings. The SMILES string of the molecule is C[As](C)c1cccc(Oc2ccc(Nc3cccc(O)c3)nc2)c1. The van der Waals surface area contributed by atoms with Gasteiger partial charge in [0.25, 0.3) is 0 Å². The normalized spacial score (nSPS) is 10.6. The molecule has 0 aliphatic heterocycles. The van der Waals surface area contributed by atoms with Gasteiger partial charge in [-0.25, -0.2) is 0 Å². The van der Waals surface area contributed by atoms with Gasteiger partial charge in [-0.1, -0.05) is 0 Å². The van der Waals surface area contributed by atoms with Crippen LogP contribution in [0, 0.1) is 0 Å². The average molecular weight is 382 g/mol. The number of phenolic OH excluding ortho intramolecular Hbond substituents is 1. The quantitative estimate of drug-likeness (QED) is 0.647. The van der Waals surface area contributed by atoms with Crippen LogP contribution in [0.25, 0.3) is 0 Å². The van der Waals surface area contributed by atoms with Gasteiger partial charge in [0.1, 0.15) is 0 Å². The minimum atomic E-state index is -0.908. The van der Waals surface area contributed by atoms with Gasteiger partial charge >= 0.3 is 135 Å². The molecule has 2 N–H and O–H groups in total. The molecule has 5 heteroatoms. The molecule has 0 saturated heterocycles. The minimum absolute atomic E-state index is 0.216. The van der Waals surface area contributed by atoms with Gasteiger partial charge in [-0.3, -0.25) is 0 Å². The van der Waals surface area contributed by atoms with Crippen molar-refractivity contribution in [1.29, 1.82) is 0 Å². The van der Waals surface area contributed by atoms with E-state index in [1.807, 2.05) is 30.3 Å². The Morgan fingerprint density at radius 1 is 0.958 bits per heavy atom. The number of nitrogens with one attached hydrogen (secondary N) is 1. The first-order chi connectivity index (χ1) is 11.6. The Labute approximate surface area is 146 Å². The number of rotatable bonds is 5. The van der Waals surface area contributed by atoms with E-state index in [2.05, 4.69) is 33.9 Å². The molecule has 3 aromatic rings. The number of hydrogen-bond donors (Lipinski definition) is 2. The van der Waals surface area contributed by atoms with Crippen LogP contribution in [0.15, 0.2) is 66.9 Å². The second-order valence-corrected chi connectivity index (χ2v) is 10.4. The van der Waals surface area contributed by atoms with Crippen molar-refractivity contribution in [3.05, 3.63) is 66.9 Å². The van der Waals surface area contributed by atoms with Gasteiger partial charge in [0.2, 0.25) is 0 Å². The fraction of sp³-hybridized carbons (Fsp3) is 0.105. The first-order valence-electron chi connectivity index (χ1n) is 7.57. The second-order valence-electron chi connectivity index (χ2n) is 5.55. The number of aromatic hydroxyl groups is 1. The molecule has 0 radical (unpaired) electrons. The molecule has 0 spiro atoms.